The maximum atomic E-state index is 9.56. The zero-order chi connectivity index (χ0) is 9.97. The van der Waals surface area contributed by atoms with Gasteiger partial charge in [0.15, 0.2) is 0 Å². The number of nitrogens with zero attached hydrogens (tertiary/aromatic N) is 2. The summed E-state index contributed by atoms with van der Waals surface area (Å²) in [5.41, 5.74) is 1.19. The number of rotatable bonds is 1. The summed E-state index contributed by atoms with van der Waals surface area (Å²) in [7, 11) is 0. The van der Waals surface area contributed by atoms with Crippen molar-refractivity contribution >= 4 is 11.6 Å². The minimum absolute atomic E-state index is 0.148. The topological polar surface area (TPSA) is 46.0 Å². The van der Waals surface area contributed by atoms with Gasteiger partial charge in [-0.2, -0.15) is 10.2 Å². The molecule has 0 unspecified atom stereocenters. The van der Waals surface area contributed by atoms with Crippen LogP contribution in [0.3, 0.4) is 0 Å². The Morgan fingerprint density at radius 2 is 2.07 bits per heavy atom. The number of hydrogen-bond donors (Lipinski definition) is 1. The molecule has 0 aliphatic carbocycles. The van der Waals surface area contributed by atoms with Gasteiger partial charge in [0, 0.05) is 16.8 Å². The number of halogens is 1. The van der Waals surface area contributed by atoms with E-state index in [-0.39, 0.29) is 5.75 Å². The van der Waals surface area contributed by atoms with Gasteiger partial charge < -0.3 is 5.11 Å². The molecule has 0 bridgehead atoms. The Labute approximate surface area is 86.0 Å². The van der Waals surface area contributed by atoms with Crippen LogP contribution in [0.4, 0.5) is 0 Å². The van der Waals surface area contributed by atoms with Crippen molar-refractivity contribution in [1.82, 2.24) is 10.2 Å². The van der Waals surface area contributed by atoms with Crippen molar-refractivity contribution in [3.8, 4) is 17.0 Å². The number of benzene rings is 1. The normalized spacial score (nSPS) is 10.1. The first kappa shape index (κ1) is 8.97. The predicted molar refractivity (Wildman–Crippen MR) is 54.1 cm³/mol. The van der Waals surface area contributed by atoms with Crippen molar-refractivity contribution < 1.29 is 5.11 Å². The summed E-state index contributed by atoms with van der Waals surface area (Å²) in [6.07, 6.45) is 1.57. The predicted octanol–water partition coefficient (Wildman–Crippen LogP) is 2.50. The van der Waals surface area contributed by atoms with E-state index in [1.54, 1.807) is 30.5 Å². The SMILES string of the molecule is Oc1ccc(Cl)cc1-c1cccnn1. The summed E-state index contributed by atoms with van der Waals surface area (Å²) in [4.78, 5) is 0. The van der Waals surface area contributed by atoms with Gasteiger partial charge in [0.05, 0.1) is 5.69 Å². The van der Waals surface area contributed by atoms with Gasteiger partial charge in [0.2, 0.25) is 0 Å². The molecule has 1 aromatic heterocycles. The number of aromatic hydroxyl groups is 1. The molecule has 0 aliphatic rings. The van der Waals surface area contributed by atoms with Crippen molar-refractivity contribution in [2.45, 2.75) is 0 Å². The van der Waals surface area contributed by atoms with Crippen molar-refractivity contribution in [3.05, 3.63) is 41.6 Å². The number of hydrogen-bond acceptors (Lipinski definition) is 3. The Kier molecular flexibility index (Phi) is 2.33. The molecule has 2 rings (SSSR count). The van der Waals surface area contributed by atoms with Crippen LogP contribution in [0.5, 0.6) is 5.75 Å². The molecule has 3 nitrogen and oxygen atoms in total. The van der Waals surface area contributed by atoms with Crippen molar-refractivity contribution in [2.75, 3.05) is 0 Å². The van der Waals surface area contributed by atoms with Gasteiger partial charge in [-0.1, -0.05) is 11.6 Å². The molecule has 0 fully saturated rings. The molecule has 0 spiro atoms. The Morgan fingerprint density at radius 1 is 1.21 bits per heavy atom. The van der Waals surface area contributed by atoms with Gasteiger partial charge in [-0.3, -0.25) is 0 Å². The number of aromatic nitrogens is 2. The van der Waals surface area contributed by atoms with Crippen LogP contribution < -0.4 is 0 Å². The van der Waals surface area contributed by atoms with Gasteiger partial charge >= 0.3 is 0 Å². The van der Waals surface area contributed by atoms with Crippen LogP contribution in [-0.2, 0) is 0 Å². The molecule has 2 aromatic rings. The molecule has 1 aromatic carbocycles. The molecule has 1 N–H and O–H groups in total. The summed E-state index contributed by atoms with van der Waals surface area (Å²) in [6, 6.07) is 8.32. The summed E-state index contributed by atoms with van der Waals surface area (Å²) >= 11 is 5.81. The molecule has 0 aliphatic heterocycles. The average molecular weight is 207 g/mol. The van der Waals surface area contributed by atoms with E-state index in [0.29, 0.717) is 16.3 Å². The molecule has 0 atom stereocenters. The minimum Gasteiger partial charge on any atom is -0.507 e. The van der Waals surface area contributed by atoms with Crippen LogP contribution in [0, 0.1) is 0 Å². The van der Waals surface area contributed by atoms with Crippen molar-refractivity contribution in [3.63, 3.8) is 0 Å². The Bertz CT molecular complexity index is 445. The highest BCUT2D eigenvalue weighted by Gasteiger charge is 2.05. The van der Waals surface area contributed by atoms with Gasteiger partial charge in [-0.25, -0.2) is 0 Å². The molecule has 0 radical (unpaired) electrons. The Morgan fingerprint density at radius 3 is 2.79 bits per heavy atom. The fourth-order valence-electron chi connectivity index (χ4n) is 1.16. The quantitative estimate of drug-likeness (QED) is 0.780. The molecule has 0 amide bonds. The standard InChI is InChI=1S/C10H7ClN2O/c11-7-3-4-10(14)8(6-7)9-2-1-5-12-13-9/h1-6,14H. The first-order valence-corrected chi connectivity index (χ1v) is 4.42. The Hall–Kier alpha value is -1.61. The average Bonchev–Trinajstić information content (AvgIpc) is 2.23. The summed E-state index contributed by atoms with van der Waals surface area (Å²) in [5.74, 6) is 0.148. The van der Waals surface area contributed by atoms with Crippen LogP contribution in [0.2, 0.25) is 5.02 Å². The molecule has 70 valence electrons. The zero-order valence-electron chi connectivity index (χ0n) is 7.18. The van der Waals surface area contributed by atoms with E-state index < -0.39 is 0 Å². The second-order valence-electron chi connectivity index (χ2n) is 2.77. The second-order valence-corrected chi connectivity index (χ2v) is 3.21. The molecule has 1 heterocycles. The molecule has 4 heteroatoms. The second kappa shape index (κ2) is 3.64. The van der Waals surface area contributed by atoms with E-state index in [1.165, 1.54) is 6.07 Å². The van der Waals surface area contributed by atoms with Gasteiger partial charge in [0.25, 0.3) is 0 Å². The first-order chi connectivity index (χ1) is 6.77. The lowest BCUT2D eigenvalue weighted by Gasteiger charge is -2.02. The smallest absolute Gasteiger partial charge is 0.125 e. The van der Waals surface area contributed by atoms with Gasteiger partial charge in [-0.05, 0) is 30.3 Å². The summed E-state index contributed by atoms with van der Waals surface area (Å²) < 4.78 is 0. The van der Waals surface area contributed by atoms with Crippen LogP contribution in [0.25, 0.3) is 11.3 Å². The van der Waals surface area contributed by atoms with Crippen LogP contribution in [0.1, 0.15) is 0 Å². The van der Waals surface area contributed by atoms with E-state index >= 15 is 0 Å². The number of phenolic OH excluding ortho intramolecular Hbond substituents is 1. The highest BCUT2D eigenvalue weighted by Crippen LogP contribution is 2.29. The molecule has 0 saturated heterocycles. The highest BCUT2D eigenvalue weighted by molar-refractivity contribution is 6.30. The minimum atomic E-state index is 0.148. The van der Waals surface area contributed by atoms with Crippen molar-refractivity contribution in [2.24, 2.45) is 0 Å². The van der Waals surface area contributed by atoms with Crippen LogP contribution in [-0.4, -0.2) is 15.3 Å². The maximum absolute atomic E-state index is 9.56. The van der Waals surface area contributed by atoms with E-state index in [9.17, 15) is 5.11 Å². The van der Waals surface area contributed by atoms with E-state index in [4.69, 9.17) is 11.6 Å². The van der Waals surface area contributed by atoms with Crippen molar-refractivity contribution in [1.29, 1.82) is 0 Å². The fourth-order valence-corrected chi connectivity index (χ4v) is 1.33. The number of phenols is 1. The van der Waals surface area contributed by atoms with Gasteiger partial charge in [-0.15, -0.1) is 0 Å². The van der Waals surface area contributed by atoms with Crippen LogP contribution in [0.15, 0.2) is 36.5 Å². The largest absolute Gasteiger partial charge is 0.507 e. The third-order valence-electron chi connectivity index (χ3n) is 1.81. The molecule has 0 saturated carbocycles. The fraction of sp³-hybridized carbons (Fsp3) is 0. The lowest BCUT2D eigenvalue weighted by Crippen LogP contribution is -1.86. The monoisotopic (exact) mass is 206 g/mol. The van der Waals surface area contributed by atoms with E-state index in [0.717, 1.165) is 0 Å². The van der Waals surface area contributed by atoms with E-state index in [1.807, 2.05) is 0 Å². The summed E-state index contributed by atoms with van der Waals surface area (Å²) in [6.45, 7) is 0. The lowest BCUT2D eigenvalue weighted by atomic mass is 10.1. The molecular formula is C10H7ClN2O. The maximum Gasteiger partial charge on any atom is 0.125 e. The first-order valence-electron chi connectivity index (χ1n) is 4.04. The molecular weight excluding hydrogens is 200 g/mol. The zero-order valence-corrected chi connectivity index (χ0v) is 7.94. The Balaban J connectivity index is 2.57. The van der Waals surface area contributed by atoms with Crippen LogP contribution >= 0.6 is 11.6 Å². The summed E-state index contributed by atoms with van der Waals surface area (Å²) in [5, 5.41) is 17.7. The highest BCUT2D eigenvalue weighted by atomic mass is 35.5. The third kappa shape index (κ3) is 1.67. The van der Waals surface area contributed by atoms with E-state index in [2.05, 4.69) is 10.2 Å². The lowest BCUT2D eigenvalue weighted by molar-refractivity contribution is 0.477. The van der Waals surface area contributed by atoms with Gasteiger partial charge in [0.1, 0.15) is 5.75 Å². The molecule has 14 heavy (non-hydrogen) atoms. The third-order valence-corrected chi connectivity index (χ3v) is 2.04.